The summed E-state index contributed by atoms with van der Waals surface area (Å²) >= 11 is 0. The van der Waals surface area contributed by atoms with Gasteiger partial charge in [-0.25, -0.2) is 0 Å². The van der Waals surface area contributed by atoms with Crippen LogP contribution in [0.3, 0.4) is 0 Å². The third kappa shape index (κ3) is 2.02. The SMILES string of the molecule is CC(=O)/C(=C/c1cn(C)c2ccccc12)[N+](=O)[O-]. The average Bonchev–Trinajstić information content (AvgIpc) is 2.63. The van der Waals surface area contributed by atoms with E-state index < -0.39 is 16.4 Å². The third-order valence-corrected chi connectivity index (χ3v) is 2.78. The van der Waals surface area contributed by atoms with Gasteiger partial charge in [-0.15, -0.1) is 0 Å². The molecule has 0 fully saturated rings. The van der Waals surface area contributed by atoms with Gasteiger partial charge in [0.15, 0.2) is 0 Å². The van der Waals surface area contributed by atoms with Gasteiger partial charge in [-0.2, -0.15) is 0 Å². The Morgan fingerprint density at radius 2 is 2.06 bits per heavy atom. The number of aryl methyl sites for hydroxylation is 1. The van der Waals surface area contributed by atoms with Crippen LogP contribution in [-0.2, 0) is 11.8 Å². The highest BCUT2D eigenvalue weighted by Crippen LogP contribution is 2.22. The Bertz CT molecular complexity index is 652. The summed E-state index contributed by atoms with van der Waals surface area (Å²) in [6, 6.07) is 7.56. The smallest absolute Gasteiger partial charge is 0.312 e. The van der Waals surface area contributed by atoms with E-state index in [1.54, 1.807) is 6.20 Å². The second-order valence-electron chi connectivity index (χ2n) is 4.06. The van der Waals surface area contributed by atoms with Gasteiger partial charge in [0.05, 0.1) is 4.92 Å². The van der Waals surface area contributed by atoms with Crippen LogP contribution in [0.15, 0.2) is 36.2 Å². The van der Waals surface area contributed by atoms with E-state index >= 15 is 0 Å². The number of rotatable bonds is 3. The second-order valence-corrected chi connectivity index (χ2v) is 4.06. The van der Waals surface area contributed by atoms with Crippen LogP contribution in [0.2, 0.25) is 0 Å². The molecule has 0 saturated heterocycles. The van der Waals surface area contributed by atoms with Crippen molar-refractivity contribution in [2.75, 3.05) is 0 Å². The molecule has 5 nitrogen and oxygen atoms in total. The summed E-state index contributed by atoms with van der Waals surface area (Å²) in [6.07, 6.45) is 3.10. The molecule has 0 amide bonds. The maximum atomic E-state index is 11.2. The van der Waals surface area contributed by atoms with Crippen molar-refractivity contribution < 1.29 is 9.72 Å². The van der Waals surface area contributed by atoms with Gasteiger partial charge in [-0.05, 0) is 6.07 Å². The first-order valence-corrected chi connectivity index (χ1v) is 5.42. The Hall–Kier alpha value is -2.43. The lowest BCUT2D eigenvalue weighted by Crippen LogP contribution is -2.07. The minimum atomic E-state index is -0.649. The number of nitro groups is 1. The van der Waals surface area contributed by atoms with E-state index in [9.17, 15) is 14.9 Å². The van der Waals surface area contributed by atoms with E-state index in [0.29, 0.717) is 5.56 Å². The summed E-state index contributed by atoms with van der Waals surface area (Å²) < 4.78 is 1.87. The van der Waals surface area contributed by atoms with Crippen LogP contribution in [0, 0.1) is 10.1 Å². The standard InChI is InChI=1S/C13H12N2O3/c1-9(16)13(15(17)18)7-10-8-14(2)12-6-4-3-5-11(10)12/h3-8H,1-2H3/b13-7-. The van der Waals surface area contributed by atoms with E-state index in [2.05, 4.69) is 0 Å². The maximum absolute atomic E-state index is 11.2. The minimum absolute atomic E-state index is 0.397. The molecule has 0 aliphatic rings. The van der Waals surface area contributed by atoms with E-state index in [4.69, 9.17) is 0 Å². The Morgan fingerprint density at radius 3 is 2.67 bits per heavy atom. The summed E-state index contributed by atoms with van der Waals surface area (Å²) in [7, 11) is 1.86. The Kier molecular flexibility index (Phi) is 2.97. The van der Waals surface area contributed by atoms with Gasteiger partial charge < -0.3 is 4.57 Å². The second kappa shape index (κ2) is 4.44. The molecule has 92 valence electrons. The quantitative estimate of drug-likeness (QED) is 0.473. The normalized spacial score (nSPS) is 11.8. The molecule has 0 radical (unpaired) electrons. The number of Topliss-reactive ketones (excluding diaryl/α,β-unsaturated/α-hetero) is 1. The number of para-hydroxylation sites is 1. The van der Waals surface area contributed by atoms with Crippen molar-refractivity contribution in [3.05, 3.63) is 51.8 Å². The highest BCUT2D eigenvalue weighted by atomic mass is 16.6. The molecule has 2 rings (SSSR count). The first-order chi connectivity index (χ1) is 8.50. The Morgan fingerprint density at radius 1 is 1.39 bits per heavy atom. The van der Waals surface area contributed by atoms with Crippen molar-refractivity contribution in [2.24, 2.45) is 7.05 Å². The molecule has 0 bridgehead atoms. The van der Waals surface area contributed by atoms with Crippen LogP contribution in [0.4, 0.5) is 0 Å². The fraction of sp³-hybridized carbons (Fsp3) is 0.154. The highest BCUT2D eigenvalue weighted by molar-refractivity contribution is 5.98. The van der Waals surface area contributed by atoms with Gasteiger partial charge in [-0.3, -0.25) is 14.9 Å². The monoisotopic (exact) mass is 244 g/mol. The lowest BCUT2D eigenvalue weighted by molar-refractivity contribution is -0.417. The van der Waals surface area contributed by atoms with Crippen LogP contribution in [0.1, 0.15) is 12.5 Å². The van der Waals surface area contributed by atoms with Crippen LogP contribution < -0.4 is 0 Å². The first kappa shape index (κ1) is 12.0. The molecule has 1 aromatic carbocycles. The van der Waals surface area contributed by atoms with Gasteiger partial charge in [-0.1, -0.05) is 18.2 Å². The van der Waals surface area contributed by atoms with Gasteiger partial charge in [0.2, 0.25) is 5.78 Å². The van der Waals surface area contributed by atoms with E-state index in [1.807, 2.05) is 35.9 Å². The van der Waals surface area contributed by atoms with Crippen molar-refractivity contribution in [1.29, 1.82) is 0 Å². The van der Waals surface area contributed by atoms with Gasteiger partial charge in [0.1, 0.15) is 0 Å². The van der Waals surface area contributed by atoms with Gasteiger partial charge >= 0.3 is 5.70 Å². The van der Waals surface area contributed by atoms with Crippen molar-refractivity contribution in [2.45, 2.75) is 6.92 Å². The molecular weight excluding hydrogens is 232 g/mol. The largest absolute Gasteiger partial charge is 0.350 e. The topological polar surface area (TPSA) is 65.1 Å². The molecule has 18 heavy (non-hydrogen) atoms. The van der Waals surface area contributed by atoms with Gasteiger partial charge in [0.25, 0.3) is 0 Å². The van der Waals surface area contributed by atoms with Crippen molar-refractivity contribution in [1.82, 2.24) is 4.57 Å². The van der Waals surface area contributed by atoms with Crippen LogP contribution in [-0.4, -0.2) is 15.3 Å². The average molecular weight is 244 g/mol. The molecule has 0 aliphatic carbocycles. The Labute approximate surface area is 103 Å². The number of carbonyl (C=O) groups is 1. The molecule has 5 heteroatoms. The van der Waals surface area contributed by atoms with Gasteiger partial charge in [0, 0.05) is 42.7 Å². The number of carbonyl (C=O) groups excluding carboxylic acids is 1. The molecule has 0 atom stereocenters. The van der Waals surface area contributed by atoms with Crippen LogP contribution in [0.5, 0.6) is 0 Å². The molecule has 0 N–H and O–H groups in total. The number of ketones is 1. The summed E-state index contributed by atoms with van der Waals surface area (Å²) in [5.41, 5.74) is 1.25. The lowest BCUT2D eigenvalue weighted by atomic mass is 10.1. The van der Waals surface area contributed by atoms with Crippen LogP contribution in [0.25, 0.3) is 17.0 Å². The predicted molar refractivity (Wildman–Crippen MR) is 68.6 cm³/mol. The van der Waals surface area contributed by atoms with Crippen molar-refractivity contribution in [3.63, 3.8) is 0 Å². The third-order valence-electron chi connectivity index (χ3n) is 2.78. The van der Waals surface area contributed by atoms with E-state index in [1.165, 1.54) is 13.0 Å². The summed E-state index contributed by atoms with van der Waals surface area (Å²) in [4.78, 5) is 21.4. The molecule has 0 spiro atoms. The zero-order valence-corrected chi connectivity index (χ0v) is 10.1. The molecule has 1 heterocycles. The summed E-state index contributed by atoms with van der Waals surface area (Å²) in [5, 5.41) is 11.7. The first-order valence-electron chi connectivity index (χ1n) is 5.42. The summed E-state index contributed by atoms with van der Waals surface area (Å²) in [5.74, 6) is -0.548. The van der Waals surface area contributed by atoms with E-state index in [-0.39, 0.29) is 0 Å². The number of hydrogen-bond acceptors (Lipinski definition) is 3. The number of nitrogens with zero attached hydrogens (tertiary/aromatic N) is 2. The molecule has 2 aromatic rings. The predicted octanol–water partition coefficient (Wildman–Crippen LogP) is 2.38. The zero-order valence-electron chi connectivity index (χ0n) is 10.1. The zero-order chi connectivity index (χ0) is 13.3. The molecule has 1 aromatic heterocycles. The number of aromatic nitrogens is 1. The Balaban J connectivity index is 2.65. The number of hydrogen-bond donors (Lipinski definition) is 0. The maximum Gasteiger partial charge on any atom is 0.312 e. The highest BCUT2D eigenvalue weighted by Gasteiger charge is 2.18. The fourth-order valence-electron chi connectivity index (χ4n) is 1.92. The number of allylic oxidation sites excluding steroid dienone is 1. The van der Waals surface area contributed by atoms with Crippen LogP contribution >= 0.6 is 0 Å². The number of fused-ring (bicyclic) bond motifs is 1. The van der Waals surface area contributed by atoms with Crippen molar-refractivity contribution >= 4 is 22.8 Å². The minimum Gasteiger partial charge on any atom is -0.350 e. The number of benzene rings is 1. The van der Waals surface area contributed by atoms with Crippen molar-refractivity contribution in [3.8, 4) is 0 Å². The fourth-order valence-corrected chi connectivity index (χ4v) is 1.92. The molecule has 0 aliphatic heterocycles. The molecule has 0 saturated carbocycles. The molecule has 0 unspecified atom stereocenters. The molecular formula is C13H12N2O3. The summed E-state index contributed by atoms with van der Waals surface area (Å²) in [6.45, 7) is 1.19. The van der Waals surface area contributed by atoms with E-state index in [0.717, 1.165) is 10.9 Å². The lowest BCUT2D eigenvalue weighted by Gasteiger charge is -1.94.